The molecule has 138 valence electrons. The highest BCUT2D eigenvalue weighted by molar-refractivity contribution is 14.0. The maximum absolute atomic E-state index is 13.6. The topological polar surface area (TPSA) is 45.6 Å². The zero-order chi connectivity index (χ0) is 16.9. The van der Waals surface area contributed by atoms with Gasteiger partial charge in [-0.15, -0.1) is 24.0 Å². The molecule has 0 fully saturated rings. The van der Waals surface area contributed by atoms with Crippen molar-refractivity contribution < 1.29 is 13.5 Å². The lowest BCUT2D eigenvalue weighted by molar-refractivity contribution is 0.129. The highest BCUT2D eigenvalue weighted by Crippen LogP contribution is 2.10. The molecule has 0 aliphatic rings. The second kappa shape index (κ2) is 14.4. The van der Waals surface area contributed by atoms with Crippen molar-refractivity contribution in [2.75, 3.05) is 26.3 Å². The number of hydrogen-bond acceptors (Lipinski definition) is 2. The molecule has 0 aliphatic heterocycles. The SMILES string of the molecule is CCCCOCCCNC(=NCc1cc(F)ccc1F)NCC.I. The van der Waals surface area contributed by atoms with E-state index in [0.29, 0.717) is 25.7 Å². The van der Waals surface area contributed by atoms with Gasteiger partial charge >= 0.3 is 0 Å². The fourth-order valence-corrected chi connectivity index (χ4v) is 1.90. The number of unbranched alkanes of at least 4 members (excludes halogenated alkanes) is 1. The fourth-order valence-electron chi connectivity index (χ4n) is 1.90. The lowest BCUT2D eigenvalue weighted by atomic mass is 10.2. The van der Waals surface area contributed by atoms with Crippen LogP contribution in [0.3, 0.4) is 0 Å². The summed E-state index contributed by atoms with van der Waals surface area (Å²) in [5, 5.41) is 6.24. The lowest BCUT2D eigenvalue weighted by Crippen LogP contribution is -2.38. The Labute approximate surface area is 160 Å². The first-order valence-electron chi connectivity index (χ1n) is 8.21. The normalized spacial score (nSPS) is 11.1. The second-order valence-corrected chi connectivity index (χ2v) is 5.18. The highest BCUT2D eigenvalue weighted by Gasteiger charge is 2.04. The Bertz CT molecular complexity index is 487. The summed E-state index contributed by atoms with van der Waals surface area (Å²) in [5.74, 6) is -0.321. The van der Waals surface area contributed by atoms with E-state index >= 15 is 0 Å². The quantitative estimate of drug-likeness (QED) is 0.244. The van der Waals surface area contributed by atoms with Crippen LogP contribution in [-0.2, 0) is 11.3 Å². The minimum absolute atomic E-state index is 0. The average molecular weight is 455 g/mol. The van der Waals surface area contributed by atoms with Crippen LogP contribution in [0.4, 0.5) is 8.78 Å². The first kappa shape index (κ1) is 23.0. The Balaban J connectivity index is 0.00000529. The van der Waals surface area contributed by atoms with Gasteiger partial charge in [-0.3, -0.25) is 0 Å². The van der Waals surface area contributed by atoms with Gasteiger partial charge in [0.1, 0.15) is 11.6 Å². The largest absolute Gasteiger partial charge is 0.381 e. The van der Waals surface area contributed by atoms with Gasteiger partial charge in [0.2, 0.25) is 0 Å². The van der Waals surface area contributed by atoms with Crippen molar-refractivity contribution in [1.29, 1.82) is 0 Å². The molecule has 0 aliphatic carbocycles. The minimum atomic E-state index is -0.459. The third-order valence-electron chi connectivity index (χ3n) is 3.16. The predicted octanol–water partition coefficient (Wildman–Crippen LogP) is 3.84. The van der Waals surface area contributed by atoms with Crippen molar-refractivity contribution >= 4 is 29.9 Å². The molecule has 1 aromatic carbocycles. The number of rotatable bonds is 10. The Hall–Kier alpha value is -0.960. The molecule has 7 heteroatoms. The Morgan fingerprint density at radius 2 is 1.88 bits per heavy atom. The summed E-state index contributed by atoms with van der Waals surface area (Å²) < 4.78 is 32.2. The monoisotopic (exact) mass is 455 g/mol. The molecule has 0 heterocycles. The van der Waals surface area contributed by atoms with Crippen LogP contribution in [0.1, 0.15) is 38.7 Å². The zero-order valence-electron chi connectivity index (χ0n) is 14.4. The van der Waals surface area contributed by atoms with Crippen LogP contribution in [0, 0.1) is 11.6 Å². The van der Waals surface area contributed by atoms with E-state index in [2.05, 4.69) is 22.5 Å². The predicted molar refractivity (Wildman–Crippen MR) is 105 cm³/mol. The van der Waals surface area contributed by atoms with Gasteiger partial charge in [0.15, 0.2) is 5.96 Å². The molecule has 0 atom stereocenters. The standard InChI is InChI=1S/C17H27F2N3O.HI/c1-3-5-10-23-11-6-9-21-17(20-4-2)22-13-14-12-15(18)7-8-16(14)19;/h7-8,12H,3-6,9-11,13H2,1-2H3,(H2,20,21,22);1H. The average Bonchev–Trinajstić information content (AvgIpc) is 2.54. The summed E-state index contributed by atoms with van der Waals surface area (Å²) in [6.45, 7) is 7.08. The molecular weight excluding hydrogens is 427 g/mol. The molecule has 0 unspecified atom stereocenters. The van der Waals surface area contributed by atoms with E-state index in [1.165, 1.54) is 6.07 Å². The van der Waals surface area contributed by atoms with E-state index in [1.54, 1.807) is 0 Å². The summed E-state index contributed by atoms with van der Waals surface area (Å²) in [6, 6.07) is 3.39. The van der Waals surface area contributed by atoms with Crippen LogP contribution < -0.4 is 10.6 Å². The van der Waals surface area contributed by atoms with Crippen LogP contribution in [0.2, 0.25) is 0 Å². The smallest absolute Gasteiger partial charge is 0.191 e. The number of nitrogens with one attached hydrogen (secondary N) is 2. The number of aliphatic imine (C=N–C) groups is 1. The number of benzene rings is 1. The van der Waals surface area contributed by atoms with Gasteiger partial charge in [0, 0.05) is 31.9 Å². The van der Waals surface area contributed by atoms with Gasteiger partial charge in [0.05, 0.1) is 6.54 Å². The molecule has 2 N–H and O–H groups in total. The van der Waals surface area contributed by atoms with Crippen LogP contribution in [0.5, 0.6) is 0 Å². The maximum atomic E-state index is 13.6. The van der Waals surface area contributed by atoms with Gasteiger partial charge in [-0.2, -0.15) is 0 Å². The maximum Gasteiger partial charge on any atom is 0.191 e. The first-order valence-corrected chi connectivity index (χ1v) is 8.21. The van der Waals surface area contributed by atoms with Gasteiger partial charge in [-0.05, 0) is 38.0 Å². The van der Waals surface area contributed by atoms with Gasteiger partial charge in [0.25, 0.3) is 0 Å². The summed E-state index contributed by atoms with van der Waals surface area (Å²) in [5.41, 5.74) is 0.241. The summed E-state index contributed by atoms with van der Waals surface area (Å²) in [4.78, 5) is 4.28. The minimum Gasteiger partial charge on any atom is -0.381 e. The van der Waals surface area contributed by atoms with Crippen molar-refractivity contribution in [2.45, 2.75) is 39.7 Å². The summed E-state index contributed by atoms with van der Waals surface area (Å²) >= 11 is 0. The van der Waals surface area contributed by atoms with Crippen LogP contribution in [0.15, 0.2) is 23.2 Å². The summed E-state index contributed by atoms with van der Waals surface area (Å²) in [7, 11) is 0. The lowest BCUT2D eigenvalue weighted by Gasteiger charge is -2.11. The molecular formula is C17H28F2IN3O. The van der Waals surface area contributed by atoms with Crippen molar-refractivity contribution in [2.24, 2.45) is 4.99 Å². The number of ether oxygens (including phenoxy) is 1. The molecule has 0 bridgehead atoms. The zero-order valence-corrected chi connectivity index (χ0v) is 16.7. The molecule has 0 spiro atoms. The molecule has 1 aromatic rings. The Kier molecular flexibility index (Phi) is 13.8. The van der Waals surface area contributed by atoms with E-state index < -0.39 is 11.6 Å². The van der Waals surface area contributed by atoms with E-state index in [4.69, 9.17) is 4.74 Å². The number of halogens is 3. The molecule has 0 amide bonds. The van der Waals surface area contributed by atoms with Crippen LogP contribution in [-0.4, -0.2) is 32.3 Å². The molecule has 0 saturated heterocycles. The first-order chi connectivity index (χ1) is 11.2. The number of guanidine groups is 1. The van der Waals surface area contributed by atoms with Crippen molar-refractivity contribution in [3.05, 3.63) is 35.4 Å². The van der Waals surface area contributed by atoms with E-state index in [1.807, 2.05) is 6.92 Å². The molecule has 0 radical (unpaired) electrons. The van der Waals surface area contributed by atoms with Crippen molar-refractivity contribution in [1.82, 2.24) is 10.6 Å². The van der Waals surface area contributed by atoms with Crippen LogP contribution >= 0.6 is 24.0 Å². The molecule has 4 nitrogen and oxygen atoms in total. The fraction of sp³-hybridized carbons (Fsp3) is 0.588. The second-order valence-electron chi connectivity index (χ2n) is 5.18. The van der Waals surface area contributed by atoms with Gasteiger partial charge in [-0.1, -0.05) is 13.3 Å². The summed E-state index contributed by atoms with van der Waals surface area (Å²) in [6.07, 6.45) is 3.07. The van der Waals surface area contributed by atoms with Crippen molar-refractivity contribution in [3.63, 3.8) is 0 Å². The Morgan fingerprint density at radius 1 is 1.12 bits per heavy atom. The third kappa shape index (κ3) is 10.0. The molecule has 0 saturated carbocycles. The highest BCUT2D eigenvalue weighted by atomic mass is 127. The van der Waals surface area contributed by atoms with E-state index in [9.17, 15) is 8.78 Å². The van der Waals surface area contributed by atoms with Gasteiger partial charge in [-0.25, -0.2) is 13.8 Å². The molecule has 0 aromatic heterocycles. The van der Waals surface area contributed by atoms with Crippen LogP contribution in [0.25, 0.3) is 0 Å². The third-order valence-corrected chi connectivity index (χ3v) is 3.16. The Morgan fingerprint density at radius 3 is 2.58 bits per heavy atom. The van der Waals surface area contributed by atoms with E-state index in [0.717, 1.165) is 38.0 Å². The molecule has 1 rings (SSSR count). The molecule has 24 heavy (non-hydrogen) atoms. The van der Waals surface area contributed by atoms with E-state index in [-0.39, 0.29) is 36.1 Å². The number of hydrogen-bond donors (Lipinski definition) is 2. The van der Waals surface area contributed by atoms with Crippen molar-refractivity contribution in [3.8, 4) is 0 Å². The number of nitrogens with zero attached hydrogens (tertiary/aromatic N) is 1. The van der Waals surface area contributed by atoms with Gasteiger partial charge < -0.3 is 15.4 Å².